The molecule has 6 heteroatoms. The van der Waals surface area contributed by atoms with Gasteiger partial charge in [-0.3, -0.25) is 4.68 Å². The first-order valence-corrected chi connectivity index (χ1v) is 5.62. The Bertz CT molecular complexity index is 499. The SMILES string of the molecule is CCNC(C)(C)c1nc(-c2ccn(C)n2)no1. The third-order valence-electron chi connectivity index (χ3n) is 2.52. The zero-order valence-electron chi connectivity index (χ0n) is 10.6. The minimum atomic E-state index is -0.325. The van der Waals surface area contributed by atoms with Crippen LogP contribution in [-0.4, -0.2) is 26.5 Å². The van der Waals surface area contributed by atoms with E-state index in [0.717, 1.165) is 12.2 Å². The van der Waals surface area contributed by atoms with Gasteiger partial charge in [-0.15, -0.1) is 0 Å². The molecule has 0 amide bonds. The number of aromatic nitrogens is 4. The molecule has 0 radical (unpaired) electrons. The van der Waals surface area contributed by atoms with E-state index in [0.29, 0.717) is 11.7 Å². The summed E-state index contributed by atoms with van der Waals surface area (Å²) in [6.07, 6.45) is 1.85. The first kappa shape index (κ1) is 11.8. The molecule has 0 aromatic carbocycles. The molecular formula is C11H17N5O. The molecule has 0 atom stereocenters. The van der Waals surface area contributed by atoms with Crippen molar-refractivity contribution in [3.8, 4) is 11.5 Å². The van der Waals surface area contributed by atoms with Crippen LogP contribution in [0.1, 0.15) is 26.7 Å². The Morgan fingerprint density at radius 2 is 2.24 bits per heavy atom. The molecule has 0 fully saturated rings. The van der Waals surface area contributed by atoms with Gasteiger partial charge in [0.05, 0.1) is 5.54 Å². The van der Waals surface area contributed by atoms with E-state index in [2.05, 4.69) is 20.6 Å². The Hall–Kier alpha value is -1.69. The standard InChI is InChI=1S/C11H17N5O/c1-5-12-11(2,3)10-13-9(15-17-10)8-6-7-16(4)14-8/h6-7,12H,5H2,1-4H3. The highest BCUT2D eigenvalue weighted by atomic mass is 16.5. The molecule has 2 heterocycles. The van der Waals surface area contributed by atoms with Crippen molar-refractivity contribution in [3.63, 3.8) is 0 Å². The van der Waals surface area contributed by atoms with Gasteiger partial charge in [-0.1, -0.05) is 12.1 Å². The normalized spacial score (nSPS) is 12.0. The van der Waals surface area contributed by atoms with Gasteiger partial charge < -0.3 is 9.84 Å². The van der Waals surface area contributed by atoms with Crippen LogP contribution in [0.2, 0.25) is 0 Å². The molecule has 0 saturated carbocycles. The molecule has 0 aliphatic heterocycles. The Kier molecular flexibility index (Phi) is 2.97. The van der Waals surface area contributed by atoms with Crippen molar-refractivity contribution < 1.29 is 4.52 Å². The molecule has 0 unspecified atom stereocenters. The van der Waals surface area contributed by atoms with Crippen molar-refractivity contribution in [2.24, 2.45) is 7.05 Å². The molecule has 0 spiro atoms. The van der Waals surface area contributed by atoms with Crippen LogP contribution in [0.3, 0.4) is 0 Å². The van der Waals surface area contributed by atoms with Crippen molar-refractivity contribution in [2.45, 2.75) is 26.3 Å². The van der Waals surface area contributed by atoms with Crippen molar-refractivity contribution in [2.75, 3.05) is 6.54 Å². The number of hydrogen-bond acceptors (Lipinski definition) is 5. The minimum Gasteiger partial charge on any atom is -0.337 e. The van der Waals surface area contributed by atoms with Gasteiger partial charge in [0.2, 0.25) is 11.7 Å². The van der Waals surface area contributed by atoms with Gasteiger partial charge in [-0.2, -0.15) is 10.1 Å². The van der Waals surface area contributed by atoms with E-state index in [4.69, 9.17) is 4.52 Å². The van der Waals surface area contributed by atoms with Gasteiger partial charge in [0.25, 0.3) is 0 Å². The average Bonchev–Trinajstić information content (AvgIpc) is 2.85. The summed E-state index contributed by atoms with van der Waals surface area (Å²) in [5, 5.41) is 11.5. The maximum Gasteiger partial charge on any atom is 0.246 e. The molecule has 1 N–H and O–H groups in total. The highest BCUT2D eigenvalue weighted by Crippen LogP contribution is 2.21. The molecule has 2 aromatic rings. The van der Waals surface area contributed by atoms with Crippen molar-refractivity contribution in [3.05, 3.63) is 18.2 Å². The lowest BCUT2D eigenvalue weighted by molar-refractivity contribution is 0.272. The van der Waals surface area contributed by atoms with Gasteiger partial charge in [-0.25, -0.2) is 0 Å². The summed E-state index contributed by atoms with van der Waals surface area (Å²) >= 11 is 0. The van der Waals surface area contributed by atoms with E-state index in [1.807, 2.05) is 40.1 Å². The predicted molar refractivity (Wildman–Crippen MR) is 63.2 cm³/mol. The highest BCUT2D eigenvalue weighted by Gasteiger charge is 2.26. The van der Waals surface area contributed by atoms with Crippen molar-refractivity contribution in [1.82, 2.24) is 25.2 Å². The summed E-state index contributed by atoms with van der Waals surface area (Å²) in [5.41, 5.74) is 0.393. The van der Waals surface area contributed by atoms with E-state index >= 15 is 0 Å². The molecule has 6 nitrogen and oxygen atoms in total. The van der Waals surface area contributed by atoms with Crippen molar-refractivity contribution >= 4 is 0 Å². The van der Waals surface area contributed by atoms with Crippen LogP contribution in [0.25, 0.3) is 11.5 Å². The average molecular weight is 235 g/mol. The molecule has 0 aliphatic carbocycles. The lowest BCUT2D eigenvalue weighted by Crippen LogP contribution is -2.36. The topological polar surface area (TPSA) is 68.8 Å². The van der Waals surface area contributed by atoms with Crippen LogP contribution in [0, 0.1) is 0 Å². The van der Waals surface area contributed by atoms with Crippen molar-refractivity contribution in [1.29, 1.82) is 0 Å². The lowest BCUT2D eigenvalue weighted by atomic mass is 10.1. The van der Waals surface area contributed by atoms with Gasteiger partial charge in [0.1, 0.15) is 5.69 Å². The molecular weight excluding hydrogens is 218 g/mol. The smallest absolute Gasteiger partial charge is 0.246 e. The Balaban J connectivity index is 2.27. The van der Waals surface area contributed by atoms with Gasteiger partial charge in [0, 0.05) is 13.2 Å². The molecule has 2 aromatic heterocycles. The number of aryl methyl sites for hydroxylation is 1. The second-order valence-electron chi connectivity index (χ2n) is 4.45. The summed E-state index contributed by atoms with van der Waals surface area (Å²) in [6, 6.07) is 1.86. The molecule has 17 heavy (non-hydrogen) atoms. The van der Waals surface area contributed by atoms with E-state index in [9.17, 15) is 0 Å². The number of nitrogens with one attached hydrogen (secondary N) is 1. The zero-order chi connectivity index (χ0) is 12.5. The lowest BCUT2D eigenvalue weighted by Gasteiger charge is -2.20. The zero-order valence-corrected chi connectivity index (χ0v) is 10.6. The highest BCUT2D eigenvalue weighted by molar-refractivity contribution is 5.46. The minimum absolute atomic E-state index is 0.325. The molecule has 92 valence electrons. The summed E-state index contributed by atoms with van der Waals surface area (Å²) in [5.74, 6) is 1.09. The van der Waals surface area contributed by atoms with Gasteiger partial charge >= 0.3 is 0 Å². The number of rotatable bonds is 4. The van der Waals surface area contributed by atoms with E-state index in [-0.39, 0.29) is 5.54 Å². The Labute approximate surface area is 100 Å². The predicted octanol–water partition coefficient (Wildman–Crippen LogP) is 1.31. The quantitative estimate of drug-likeness (QED) is 0.865. The summed E-state index contributed by atoms with van der Waals surface area (Å²) in [4.78, 5) is 4.37. The first-order valence-electron chi connectivity index (χ1n) is 5.62. The Morgan fingerprint density at radius 3 is 2.82 bits per heavy atom. The molecule has 0 bridgehead atoms. The van der Waals surface area contributed by atoms with Crippen LogP contribution < -0.4 is 5.32 Å². The maximum absolute atomic E-state index is 5.27. The summed E-state index contributed by atoms with van der Waals surface area (Å²) in [6.45, 7) is 6.89. The summed E-state index contributed by atoms with van der Waals surface area (Å²) in [7, 11) is 1.85. The fourth-order valence-corrected chi connectivity index (χ4v) is 1.63. The number of hydrogen-bond donors (Lipinski definition) is 1. The van der Waals surface area contributed by atoms with Crippen LogP contribution in [0.5, 0.6) is 0 Å². The van der Waals surface area contributed by atoms with E-state index in [1.165, 1.54) is 0 Å². The fraction of sp³-hybridized carbons (Fsp3) is 0.545. The third kappa shape index (κ3) is 2.36. The maximum atomic E-state index is 5.27. The van der Waals surface area contributed by atoms with Gasteiger partial charge in [0.15, 0.2) is 0 Å². The fourth-order valence-electron chi connectivity index (χ4n) is 1.63. The van der Waals surface area contributed by atoms with E-state index in [1.54, 1.807) is 4.68 Å². The molecule has 0 saturated heterocycles. The van der Waals surface area contributed by atoms with Crippen LogP contribution in [-0.2, 0) is 12.6 Å². The Morgan fingerprint density at radius 1 is 1.47 bits per heavy atom. The molecule has 0 aliphatic rings. The van der Waals surface area contributed by atoms with E-state index < -0.39 is 0 Å². The third-order valence-corrected chi connectivity index (χ3v) is 2.52. The molecule has 2 rings (SSSR count). The second kappa shape index (κ2) is 4.29. The summed E-state index contributed by atoms with van der Waals surface area (Å²) < 4.78 is 6.98. The van der Waals surface area contributed by atoms with Crippen LogP contribution in [0.15, 0.2) is 16.8 Å². The monoisotopic (exact) mass is 235 g/mol. The largest absolute Gasteiger partial charge is 0.337 e. The number of nitrogens with zero attached hydrogens (tertiary/aromatic N) is 4. The van der Waals surface area contributed by atoms with Gasteiger partial charge in [-0.05, 0) is 26.5 Å². The van der Waals surface area contributed by atoms with Crippen LogP contribution in [0.4, 0.5) is 0 Å². The second-order valence-corrected chi connectivity index (χ2v) is 4.45. The van der Waals surface area contributed by atoms with Crippen LogP contribution >= 0.6 is 0 Å². The first-order chi connectivity index (χ1) is 8.03.